The summed E-state index contributed by atoms with van der Waals surface area (Å²) in [6.45, 7) is 0. The normalized spacial score (nSPS) is 28.5. The molecule has 0 saturated heterocycles. The molecule has 0 aromatic rings. The molecule has 0 bridgehead atoms. The molecule has 0 amide bonds. The molecule has 3 aliphatic carbocycles. The van der Waals surface area contributed by atoms with Crippen LogP contribution in [0.1, 0.15) is 57.8 Å². The standard InChI is InChI=1S/C15H22O3/c1-18-13(17)15(9-14(10-15)7-4-8-14)12(16)11-5-2-3-6-11/h11H,2-10H2,1H3. The van der Waals surface area contributed by atoms with Crippen LogP contribution in [0, 0.1) is 16.7 Å². The summed E-state index contributed by atoms with van der Waals surface area (Å²) in [4.78, 5) is 24.8. The van der Waals surface area contributed by atoms with Crippen LogP contribution in [0.4, 0.5) is 0 Å². The second-order valence-corrected chi connectivity index (χ2v) is 6.63. The number of methoxy groups -OCH3 is 1. The van der Waals surface area contributed by atoms with Crippen molar-refractivity contribution >= 4 is 11.8 Å². The maximum atomic E-state index is 12.7. The lowest BCUT2D eigenvalue weighted by molar-refractivity contribution is -0.184. The number of hydrogen-bond acceptors (Lipinski definition) is 3. The fourth-order valence-electron chi connectivity index (χ4n) is 4.45. The van der Waals surface area contributed by atoms with E-state index in [2.05, 4.69) is 0 Å². The highest BCUT2D eigenvalue weighted by Gasteiger charge is 2.65. The van der Waals surface area contributed by atoms with Gasteiger partial charge in [0.15, 0.2) is 5.78 Å². The molecule has 3 rings (SSSR count). The van der Waals surface area contributed by atoms with Gasteiger partial charge in [-0.1, -0.05) is 19.3 Å². The minimum atomic E-state index is -0.760. The van der Waals surface area contributed by atoms with Crippen molar-refractivity contribution < 1.29 is 14.3 Å². The molecule has 100 valence electrons. The van der Waals surface area contributed by atoms with Crippen molar-refractivity contribution in [2.24, 2.45) is 16.7 Å². The van der Waals surface area contributed by atoms with E-state index < -0.39 is 5.41 Å². The van der Waals surface area contributed by atoms with Gasteiger partial charge in [0.05, 0.1) is 7.11 Å². The van der Waals surface area contributed by atoms with Gasteiger partial charge < -0.3 is 4.74 Å². The Bertz CT molecular complexity index is 367. The summed E-state index contributed by atoms with van der Waals surface area (Å²) < 4.78 is 4.94. The molecule has 0 radical (unpaired) electrons. The van der Waals surface area contributed by atoms with Crippen LogP contribution < -0.4 is 0 Å². The first-order valence-electron chi connectivity index (χ1n) is 7.25. The van der Waals surface area contributed by atoms with E-state index in [9.17, 15) is 9.59 Å². The summed E-state index contributed by atoms with van der Waals surface area (Å²) in [7, 11) is 1.41. The lowest BCUT2D eigenvalue weighted by atomic mass is 9.43. The predicted octanol–water partition coefficient (Wildman–Crippen LogP) is 2.87. The van der Waals surface area contributed by atoms with Crippen LogP contribution in [-0.4, -0.2) is 18.9 Å². The second kappa shape index (κ2) is 4.07. The van der Waals surface area contributed by atoms with E-state index in [0.29, 0.717) is 5.41 Å². The van der Waals surface area contributed by atoms with E-state index in [1.54, 1.807) is 0 Å². The van der Waals surface area contributed by atoms with Crippen LogP contribution in [0.2, 0.25) is 0 Å². The minimum Gasteiger partial charge on any atom is -0.468 e. The highest BCUT2D eigenvalue weighted by Crippen LogP contribution is 2.66. The number of carbonyl (C=O) groups is 2. The maximum Gasteiger partial charge on any atom is 0.319 e. The van der Waals surface area contributed by atoms with Gasteiger partial charge >= 0.3 is 5.97 Å². The summed E-state index contributed by atoms with van der Waals surface area (Å²) in [6.07, 6.45) is 9.42. The molecule has 0 aromatic heterocycles. The van der Waals surface area contributed by atoms with Crippen LogP contribution in [0.5, 0.6) is 0 Å². The Morgan fingerprint density at radius 2 is 1.67 bits per heavy atom. The molecule has 3 fully saturated rings. The third kappa shape index (κ3) is 1.55. The van der Waals surface area contributed by atoms with Gasteiger partial charge in [-0.05, 0) is 43.9 Å². The number of hydrogen-bond donors (Lipinski definition) is 0. The summed E-state index contributed by atoms with van der Waals surface area (Å²) in [5.41, 5.74) is -0.438. The van der Waals surface area contributed by atoms with Crippen molar-refractivity contribution in [1.82, 2.24) is 0 Å². The number of Topliss-reactive ketones (excluding diaryl/α,β-unsaturated/α-hetero) is 1. The van der Waals surface area contributed by atoms with Gasteiger partial charge in [0.1, 0.15) is 5.41 Å². The third-order valence-corrected chi connectivity index (χ3v) is 5.54. The van der Waals surface area contributed by atoms with Crippen molar-refractivity contribution in [3.8, 4) is 0 Å². The van der Waals surface area contributed by atoms with Gasteiger partial charge in [-0.25, -0.2) is 0 Å². The largest absolute Gasteiger partial charge is 0.468 e. The SMILES string of the molecule is COC(=O)C1(C(=O)C2CCCC2)CC2(CCC2)C1. The van der Waals surface area contributed by atoms with Crippen LogP contribution >= 0.6 is 0 Å². The molecule has 0 unspecified atom stereocenters. The van der Waals surface area contributed by atoms with E-state index in [0.717, 1.165) is 38.5 Å². The van der Waals surface area contributed by atoms with Gasteiger partial charge in [-0.15, -0.1) is 0 Å². The molecule has 0 atom stereocenters. The summed E-state index contributed by atoms with van der Waals surface area (Å²) in [6, 6.07) is 0. The topological polar surface area (TPSA) is 43.4 Å². The van der Waals surface area contributed by atoms with Crippen LogP contribution in [-0.2, 0) is 14.3 Å². The zero-order chi connectivity index (χ0) is 12.8. The van der Waals surface area contributed by atoms with Crippen LogP contribution in [0.25, 0.3) is 0 Å². The molecular formula is C15H22O3. The number of rotatable bonds is 3. The molecule has 0 aliphatic heterocycles. The van der Waals surface area contributed by atoms with E-state index in [-0.39, 0.29) is 17.7 Å². The Kier molecular flexibility index (Phi) is 2.76. The average Bonchev–Trinajstić information content (AvgIpc) is 2.78. The Balaban J connectivity index is 1.78. The molecule has 3 aliphatic rings. The van der Waals surface area contributed by atoms with E-state index in [1.807, 2.05) is 0 Å². The van der Waals surface area contributed by atoms with Crippen LogP contribution in [0.15, 0.2) is 0 Å². The molecule has 3 nitrogen and oxygen atoms in total. The monoisotopic (exact) mass is 250 g/mol. The van der Waals surface area contributed by atoms with Crippen molar-refractivity contribution in [3.05, 3.63) is 0 Å². The third-order valence-electron chi connectivity index (χ3n) is 5.54. The molecule has 0 heterocycles. The van der Waals surface area contributed by atoms with Gasteiger partial charge in [0, 0.05) is 5.92 Å². The molecule has 3 saturated carbocycles. The quantitative estimate of drug-likeness (QED) is 0.571. The summed E-state index contributed by atoms with van der Waals surface area (Å²) >= 11 is 0. The predicted molar refractivity (Wildman–Crippen MR) is 66.9 cm³/mol. The fourth-order valence-corrected chi connectivity index (χ4v) is 4.45. The molecule has 1 spiro atoms. The Hall–Kier alpha value is -0.860. The van der Waals surface area contributed by atoms with Crippen LogP contribution in [0.3, 0.4) is 0 Å². The summed E-state index contributed by atoms with van der Waals surface area (Å²) in [5, 5.41) is 0. The number of ether oxygens (including phenoxy) is 1. The highest BCUT2D eigenvalue weighted by molar-refractivity contribution is 6.06. The smallest absolute Gasteiger partial charge is 0.319 e. The molecular weight excluding hydrogens is 228 g/mol. The Morgan fingerprint density at radius 1 is 1.06 bits per heavy atom. The number of ketones is 1. The highest BCUT2D eigenvalue weighted by atomic mass is 16.5. The second-order valence-electron chi connectivity index (χ2n) is 6.63. The van der Waals surface area contributed by atoms with E-state index >= 15 is 0 Å². The van der Waals surface area contributed by atoms with Gasteiger partial charge in [0.25, 0.3) is 0 Å². The molecule has 0 aromatic carbocycles. The molecule has 3 heteroatoms. The lowest BCUT2D eigenvalue weighted by Gasteiger charge is -2.59. The number of esters is 1. The first kappa shape index (κ1) is 12.2. The number of carbonyl (C=O) groups excluding carboxylic acids is 2. The first-order valence-corrected chi connectivity index (χ1v) is 7.25. The van der Waals surface area contributed by atoms with Crippen molar-refractivity contribution in [3.63, 3.8) is 0 Å². The van der Waals surface area contributed by atoms with E-state index in [1.165, 1.54) is 26.4 Å². The van der Waals surface area contributed by atoms with Crippen molar-refractivity contribution in [1.29, 1.82) is 0 Å². The minimum absolute atomic E-state index is 0.126. The van der Waals surface area contributed by atoms with Crippen molar-refractivity contribution in [2.45, 2.75) is 57.8 Å². The van der Waals surface area contributed by atoms with Gasteiger partial charge in [-0.3, -0.25) is 9.59 Å². The summed E-state index contributed by atoms with van der Waals surface area (Å²) in [5.74, 6) is 0.0582. The van der Waals surface area contributed by atoms with Crippen molar-refractivity contribution in [2.75, 3.05) is 7.11 Å². The first-order chi connectivity index (χ1) is 8.62. The molecule has 18 heavy (non-hydrogen) atoms. The average molecular weight is 250 g/mol. The fraction of sp³-hybridized carbons (Fsp3) is 0.867. The van der Waals surface area contributed by atoms with Gasteiger partial charge in [-0.2, -0.15) is 0 Å². The molecule has 0 N–H and O–H groups in total. The van der Waals surface area contributed by atoms with Gasteiger partial charge in [0.2, 0.25) is 0 Å². The maximum absolute atomic E-state index is 12.7. The zero-order valence-corrected chi connectivity index (χ0v) is 11.2. The van der Waals surface area contributed by atoms with E-state index in [4.69, 9.17) is 4.74 Å². The zero-order valence-electron chi connectivity index (χ0n) is 11.2. The Morgan fingerprint density at radius 3 is 2.11 bits per heavy atom. The lowest BCUT2D eigenvalue weighted by Crippen LogP contribution is -2.59. The Labute approximate surface area is 108 Å².